The third-order valence-electron chi connectivity index (χ3n) is 4.31. The lowest BCUT2D eigenvalue weighted by Crippen LogP contribution is -2.24. The van der Waals surface area contributed by atoms with Gasteiger partial charge in [-0.3, -0.25) is 4.79 Å². The summed E-state index contributed by atoms with van der Waals surface area (Å²) in [6.45, 7) is -0.00491. The first-order chi connectivity index (χ1) is 14.7. The van der Waals surface area contributed by atoms with Crippen LogP contribution in [0.1, 0.15) is 21.9 Å². The summed E-state index contributed by atoms with van der Waals surface area (Å²) in [5.41, 5.74) is -0.488. The molecule has 6 nitrogen and oxygen atoms in total. The second-order valence-corrected chi connectivity index (χ2v) is 6.49. The number of nitrogens with one attached hydrogen (secondary N) is 1. The lowest BCUT2D eigenvalue weighted by Gasteiger charge is -2.10. The highest BCUT2D eigenvalue weighted by atomic mass is 19.4. The van der Waals surface area contributed by atoms with E-state index in [4.69, 9.17) is 0 Å². The van der Waals surface area contributed by atoms with Crippen molar-refractivity contribution in [1.29, 1.82) is 0 Å². The minimum Gasteiger partial charge on any atom is -0.345 e. The van der Waals surface area contributed by atoms with E-state index in [0.717, 1.165) is 18.2 Å². The molecule has 2 aromatic heterocycles. The number of carbonyl (C=O) groups is 1. The molecule has 1 N–H and O–H groups in total. The Morgan fingerprint density at radius 2 is 1.55 bits per heavy atom. The summed E-state index contributed by atoms with van der Waals surface area (Å²) >= 11 is 0. The first-order valence-electron chi connectivity index (χ1n) is 8.84. The molecule has 0 saturated heterocycles. The Morgan fingerprint density at radius 3 is 2.16 bits per heavy atom. The Balaban J connectivity index is 1.68. The van der Waals surface area contributed by atoms with E-state index in [1.165, 1.54) is 36.4 Å². The number of carbonyl (C=O) groups excluding carboxylic acids is 1. The van der Waals surface area contributed by atoms with Crippen LogP contribution in [0.25, 0.3) is 17.0 Å². The maximum atomic E-state index is 13.6. The number of nitrogens with zero attached hydrogens (tertiary/aromatic N) is 4. The lowest BCUT2D eigenvalue weighted by atomic mass is 10.1. The van der Waals surface area contributed by atoms with Gasteiger partial charge in [-0.05, 0) is 48.0 Å². The fraction of sp³-hybridized carbons (Fsp3) is 0.100. The Labute approximate surface area is 171 Å². The van der Waals surface area contributed by atoms with E-state index < -0.39 is 41.0 Å². The molecule has 31 heavy (non-hydrogen) atoms. The fourth-order valence-corrected chi connectivity index (χ4v) is 2.80. The quantitative estimate of drug-likeness (QED) is 0.494. The van der Waals surface area contributed by atoms with Gasteiger partial charge in [0.05, 0.1) is 5.69 Å². The third-order valence-corrected chi connectivity index (χ3v) is 4.31. The zero-order valence-electron chi connectivity index (χ0n) is 15.5. The molecule has 158 valence electrons. The predicted octanol–water partition coefficient (Wildman–Crippen LogP) is 4.02. The minimum absolute atomic E-state index is 0.00491. The Bertz CT molecular complexity index is 1250. The number of alkyl halides is 3. The van der Waals surface area contributed by atoms with E-state index in [2.05, 4.69) is 20.4 Å². The molecule has 0 spiro atoms. The van der Waals surface area contributed by atoms with Crippen molar-refractivity contribution < 1.29 is 26.7 Å². The maximum absolute atomic E-state index is 13.6. The predicted molar refractivity (Wildman–Crippen MR) is 98.7 cm³/mol. The molecular formula is C20H12F5N5O. The van der Waals surface area contributed by atoms with Crippen LogP contribution in [0.4, 0.5) is 22.0 Å². The molecule has 0 aliphatic heterocycles. The number of amides is 1. The molecule has 0 aliphatic carbocycles. The van der Waals surface area contributed by atoms with Gasteiger partial charge in [0.15, 0.2) is 5.69 Å². The summed E-state index contributed by atoms with van der Waals surface area (Å²) in [6.07, 6.45) is -4.81. The molecule has 4 rings (SSSR count). The first kappa shape index (κ1) is 20.4. The van der Waals surface area contributed by atoms with Crippen LogP contribution in [0.3, 0.4) is 0 Å². The largest absolute Gasteiger partial charge is 0.433 e. The molecule has 0 aliphatic rings. The maximum Gasteiger partial charge on any atom is 0.433 e. The molecule has 1 amide bonds. The van der Waals surface area contributed by atoms with Crippen molar-refractivity contribution in [3.05, 3.63) is 83.3 Å². The normalized spacial score (nSPS) is 11.6. The zero-order valence-corrected chi connectivity index (χ0v) is 15.5. The van der Waals surface area contributed by atoms with Gasteiger partial charge in [-0.2, -0.15) is 22.7 Å². The summed E-state index contributed by atoms with van der Waals surface area (Å²) in [5.74, 6) is -2.79. The van der Waals surface area contributed by atoms with E-state index in [9.17, 15) is 26.7 Å². The second-order valence-electron chi connectivity index (χ2n) is 6.49. The number of aromatic nitrogens is 4. The number of rotatable bonds is 4. The number of halogens is 5. The highest BCUT2D eigenvalue weighted by molar-refractivity contribution is 5.90. The molecule has 0 saturated carbocycles. The smallest absolute Gasteiger partial charge is 0.345 e. The van der Waals surface area contributed by atoms with E-state index in [-0.39, 0.29) is 17.8 Å². The highest BCUT2D eigenvalue weighted by Crippen LogP contribution is 2.31. The monoisotopic (exact) mass is 433 g/mol. The molecule has 0 radical (unpaired) electrons. The molecule has 11 heteroatoms. The summed E-state index contributed by atoms with van der Waals surface area (Å²) in [7, 11) is 0. The van der Waals surface area contributed by atoms with Gasteiger partial charge in [0.1, 0.15) is 11.6 Å². The van der Waals surface area contributed by atoms with Gasteiger partial charge in [0.2, 0.25) is 5.82 Å². The average Bonchev–Trinajstić information content (AvgIpc) is 3.16. The molecule has 2 aromatic carbocycles. The van der Waals surface area contributed by atoms with Crippen LogP contribution in [-0.4, -0.2) is 25.5 Å². The van der Waals surface area contributed by atoms with Crippen molar-refractivity contribution >= 4 is 11.7 Å². The van der Waals surface area contributed by atoms with Gasteiger partial charge in [0.25, 0.3) is 11.7 Å². The van der Waals surface area contributed by atoms with Crippen LogP contribution < -0.4 is 5.32 Å². The molecule has 2 heterocycles. The lowest BCUT2D eigenvalue weighted by molar-refractivity contribution is -0.142. The van der Waals surface area contributed by atoms with E-state index in [1.807, 2.05) is 0 Å². The van der Waals surface area contributed by atoms with E-state index in [0.29, 0.717) is 10.1 Å². The topological polar surface area (TPSA) is 72.2 Å². The number of hydrogen-bond acceptors (Lipinski definition) is 4. The second kappa shape index (κ2) is 7.74. The van der Waals surface area contributed by atoms with Gasteiger partial charge >= 0.3 is 6.18 Å². The van der Waals surface area contributed by atoms with Crippen molar-refractivity contribution in [2.45, 2.75) is 12.7 Å². The molecular weight excluding hydrogens is 421 g/mol. The number of benzene rings is 2. The zero-order chi connectivity index (χ0) is 22.2. The van der Waals surface area contributed by atoms with Crippen molar-refractivity contribution in [3.8, 4) is 11.3 Å². The number of hydrogen-bond donors (Lipinski definition) is 1. The van der Waals surface area contributed by atoms with Crippen LogP contribution in [0.2, 0.25) is 0 Å². The van der Waals surface area contributed by atoms with Gasteiger partial charge in [-0.25, -0.2) is 13.8 Å². The third kappa shape index (κ3) is 4.34. The Morgan fingerprint density at radius 1 is 0.935 bits per heavy atom. The van der Waals surface area contributed by atoms with E-state index in [1.54, 1.807) is 0 Å². The van der Waals surface area contributed by atoms with Gasteiger partial charge in [-0.15, -0.1) is 5.10 Å². The molecule has 0 unspecified atom stereocenters. The molecule has 0 bridgehead atoms. The fourth-order valence-electron chi connectivity index (χ4n) is 2.80. The van der Waals surface area contributed by atoms with Gasteiger partial charge in [-0.1, -0.05) is 12.1 Å². The molecule has 4 aromatic rings. The highest BCUT2D eigenvalue weighted by Gasteiger charge is 2.36. The Kier molecular flexibility index (Phi) is 5.09. The van der Waals surface area contributed by atoms with Gasteiger partial charge < -0.3 is 5.32 Å². The van der Waals surface area contributed by atoms with Crippen molar-refractivity contribution in [3.63, 3.8) is 0 Å². The van der Waals surface area contributed by atoms with Crippen LogP contribution >= 0.6 is 0 Å². The SMILES string of the molecule is O=C(NCc1ccc(F)cc1)c1nc2nc(-c3ccc(F)cc3)cc(C(F)(F)F)n2n1. The summed E-state index contributed by atoms with van der Waals surface area (Å²) < 4.78 is 67.3. The molecule has 0 atom stereocenters. The summed E-state index contributed by atoms with van der Waals surface area (Å²) in [4.78, 5) is 20.2. The van der Waals surface area contributed by atoms with Crippen LogP contribution in [-0.2, 0) is 12.7 Å². The van der Waals surface area contributed by atoms with Crippen molar-refractivity contribution in [2.24, 2.45) is 0 Å². The minimum atomic E-state index is -4.81. The van der Waals surface area contributed by atoms with Gasteiger partial charge in [0, 0.05) is 12.1 Å². The Hall–Kier alpha value is -3.89. The first-order valence-corrected chi connectivity index (χ1v) is 8.84. The standard InChI is InChI=1S/C20H12F5N5O/c21-13-5-1-11(2-6-13)10-26-18(31)17-28-19-27-15(12-3-7-14(22)8-4-12)9-16(20(23,24)25)30(19)29-17/h1-9H,10H2,(H,26,31). The molecule has 0 fully saturated rings. The number of fused-ring (bicyclic) bond motifs is 1. The van der Waals surface area contributed by atoms with Crippen LogP contribution in [0, 0.1) is 11.6 Å². The summed E-state index contributed by atoms with van der Waals surface area (Å²) in [5, 5.41) is 6.10. The summed E-state index contributed by atoms with van der Waals surface area (Å²) in [6, 6.07) is 10.8. The van der Waals surface area contributed by atoms with Crippen molar-refractivity contribution in [1.82, 2.24) is 24.9 Å². The average molecular weight is 433 g/mol. The van der Waals surface area contributed by atoms with E-state index >= 15 is 0 Å². The van der Waals surface area contributed by atoms with Crippen LogP contribution in [0.5, 0.6) is 0 Å². The van der Waals surface area contributed by atoms with Crippen LogP contribution in [0.15, 0.2) is 54.6 Å². The van der Waals surface area contributed by atoms with Crippen molar-refractivity contribution in [2.75, 3.05) is 0 Å².